The number of amides is 3. The van der Waals surface area contributed by atoms with Crippen LogP contribution in [0.1, 0.15) is 24.4 Å². The highest BCUT2D eigenvalue weighted by atomic mass is 19.1. The summed E-state index contributed by atoms with van der Waals surface area (Å²) in [5, 5.41) is 18.3. The fourth-order valence-corrected chi connectivity index (χ4v) is 3.28. The molecule has 1 atom stereocenters. The average Bonchev–Trinajstić information content (AvgIpc) is 3.25. The molecule has 9 nitrogen and oxygen atoms in total. The van der Waals surface area contributed by atoms with E-state index in [0.717, 1.165) is 4.90 Å². The normalized spacial score (nSPS) is 11.7. The first-order valence-electron chi connectivity index (χ1n) is 10.1. The molecule has 0 aliphatic heterocycles. The first kappa shape index (κ1) is 23.5. The zero-order chi connectivity index (χ0) is 24.1. The lowest BCUT2D eigenvalue weighted by Crippen LogP contribution is -2.45. The van der Waals surface area contributed by atoms with Crippen LogP contribution in [0.3, 0.4) is 0 Å². The van der Waals surface area contributed by atoms with Crippen molar-refractivity contribution in [1.82, 2.24) is 10.1 Å². The van der Waals surface area contributed by atoms with Gasteiger partial charge in [0.25, 0.3) is 5.91 Å². The lowest BCUT2D eigenvalue weighted by Gasteiger charge is -2.26. The lowest BCUT2D eigenvalue weighted by atomic mass is 10.0. The molecule has 0 aliphatic rings. The predicted molar refractivity (Wildman–Crippen MR) is 119 cm³/mol. The molecule has 0 aliphatic carbocycles. The molecule has 0 spiro atoms. The second kappa shape index (κ2) is 9.94. The topological polar surface area (TPSA) is 125 Å². The molecule has 0 saturated heterocycles. The van der Waals surface area contributed by atoms with E-state index in [1.54, 1.807) is 44.2 Å². The van der Waals surface area contributed by atoms with Crippen LogP contribution in [-0.2, 0) is 4.79 Å². The largest absolute Gasteiger partial charge is 0.480 e. The number of urea groups is 1. The molecule has 0 saturated carbocycles. The molecule has 3 N–H and O–H groups in total. The van der Waals surface area contributed by atoms with Gasteiger partial charge in [-0.05, 0) is 30.2 Å². The van der Waals surface area contributed by atoms with Crippen LogP contribution in [0.25, 0.3) is 11.3 Å². The number of carboxylic acids is 1. The summed E-state index contributed by atoms with van der Waals surface area (Å²) in [6.07, 6.45) is 0. The van der Waals surface area contributed by atoms with Gasteiger partial charge in [0.1, 0.15) is 17.6 Å². The third kappa shape index (κ3) is 5.53. The number of para-hydroxylation sites is 1. The highest BCUT2D eigenvalue weighted by Crippen LogP contribution is 2.23. The highest BCUT2D eigenvalue weighted by molar-refractivity contribution is 6.00. The van der Waals surface area contributed by atoms with Crippen molar-refractivity contribution in [2.75, 3.05) is 17.7 Å². The van der Waals surface area contributed by atoms with Crippen molar-refractivity contribution >= 4 is 29.3 Å². The third-order valence-electron chi connectivity index (χ3n) is 4.90. The number of nitrogens with zero attached hydrogens (tertiary/aromatic N) is 2. The van der Waals surface area contributed by atoms with E-state index in [1.807, 2.05) is 0 Å². The molecule has 1 unspecified atom stereocenters. The van der Waals surface area contributed by atoms with E-state index in [0.29, 0.717) is 16.9 Å². The number of aliphatic carboxylic acids is 1. The van der Waals surface area contributed by atoms with Crippen molar-refractivity contribution in [1.29, 1.82) is 0 Å². The maximum atomic E-state index is 13.6. The Balaban J connectivity index is 1.67. The van der Waals surface area contributed by atoms with Crippen LogP contribution in [-0.4, -0.2) is 46.2 Å². The summed E-state index contributed by atoms with van der Waals surface area (Å²) >= 11 is 0. The molecule has 3 rings (SSSR count). The number of aromatic nitrogens is 1. The van der Waals surface area contributed by atoms with E-state index in [4.69, 9.17) is 4.52 Å². The lowest BCUT2D eigenvalue weighted by molar-refractivity contribution is -0.143. The third-order valence-corrected chi connectivity index (χ3v) is 4.90. The standard InChI is InChI=1S/C23H23FN4O5/c1-13(2)20(22(30)31)28(3)21(29)19-12-18(27-33-19)14-8-10-15(11-9-14)25-23(32)26-17-7-5-4-6-16(17)24/h4-13,20H,1-3H3,(H,30,31)(H2,25,26,32). The fourth-order valence-electron chi connectivity index (χ4n) is 3.28. The van der Waals surface area contributed by atoms with Gasteiger partial charge < -0.3 is 25.2 Å². The van der Waals surface area contributed by atoms with Gasteiger partial charge in [0.15, 0.2) is 0 Å². The van der Waals surface area contributed by atoms with Crippen molar-refractivity contribution in [3.05, 3.63) is 66.2 Å². The summed E-state index contributed by atoms with van der Waals surface area (Å²) in [4.78, 5) is 37.3. The average molecular weight is 454 g/mol. The van der Waals surface area contributed by atoms with Gasteiger partial charge in [-0.25, -0.2) is 14.0 Å². The first-order valence-corrected chi connectivity index (χ1v) is 10.1. The predicted octanol–water partition coefficient (Wildman–Crippen LogP) is 4.31. The van der Waals surface area contributed by atoms with Gasteiger partial charge in [0.05, 0.1) is 5.69 Å². The number of benzene rings is 2. The molecule has 1 heterocycles. The number of hydrogen-bond donors (Lipinski definition) is 3. The van der Waals surface area contributed by atoms with Gasteiger partial charge in [-0.1, -0.05) is 43.3 Å². The molecule has 2 aromatic carbocycles. The maximum absolute atomic E-state index is 13.6. The summed E-state index contributed by atoms with van der Waals surface area (Å²) in [7, 11) is 1.40. The van der Waals surface area contributed by atoms with Gasteiger partial charge in [0.2, 0.25) is 5.76 Å². The van der Waals surface area contributed by atoms with Gasteiger partial charge >= 0.3 is 12.0 Å². The monoisotopic (exact) mass is 454 g/mol. The van der Waals surface area contributed by atoms with Crippen molar-refractivity contribution in [3.63, 3.8) is 0 Å². The highest BCUT2D eigenvalue weighted by Gasteiger charge is 2.31. The molecule has 3 aromatic rings. The van der Waals surface area contributed by atoms with E-state index < -0.39 is 29.8 Å². The van der Waals surface area contributed by atoms with Gasteiger partial charge in [-0.15, -0.1) is 0 Å². The van der Waals surface area contributed by atoms with Crippen LogP contribution < -0.4 is 10.6 Å². The zero-order valence-electron chi connectivity index (χ0n) is 18.2. The SMILES string of the molecule is CC(C)C(C(=O)O)N(C)C(=O)c1cc(-c2ccc(NC(=O)Nc3ccccc3F)cc2)no1. The smallest absolute Gasteiger partial charge is 0.326 e. The molecule has 0 fully saturated rings. The molecular weight excluding hydrogens is 431 g/mol. The molecular formula is C23H23FN4O5. The zero-order valence-corrected chi connectivity index (χ0v) is 18.2. The van der Waals surface area contributed by atoms with Crippen molar-refractivity contribution in [2.45, 2.75) is 19.9 Å². The van der Waals surface area contributed by atoms with Crippen LogP contribution in [0.5, 0.6) is 0 Å². The van der Waals surface area contributed by atoms with Crippen LogP contribution in [0.4, 0.5) is 20.6 Å². The molecule has 172 valence electrons. The molecule has 1 aromatic heterocycles. The summed E-state index contributed by atoms with van der Waals surface area (Å²) in [5.41, 5.74) is 1.48. The summed E-state index contributed by atoms with van der Waals surface area (Å²) in [6.45, 7) is 3.42. The number of hydrogen-bond acceptors (Lipinski definition) is 5. The van der Waals surface area contributed by atoms with Crippen LogP contribution in [0, 0.1) is 11.7 Å². The summed E-state index contributed by atoms with van der Waals surface area (Å²) in [5.74, 6) is -2.64. The van der Waals surface area contributed by atoms with Gasteiger partial charge in [0, 0.05) is 24.4 Å². The Labute approximate surface area is 189 Å². The maximum Gasteiger partial charge on any atom is 0.326 e. The molecule has 10 heteroatoms. The van der Waals surface area contributed by atoms with E-state index >= 15 is 0 Å². The number of carbonyl (C=O) groups excluding carboxylic acids is 2. The second-order valence-corrected chi connectivity index (χ2v) is 7.66. The quantitative estimate of drug-likeness (QED) is 0.489. The Bertz CT molecular complexity index is 1160. The number of carbonyl (C=O) groups is 3. The van der Waals surface area contributed by atoms with Crippen molar-refractivity contribution in [3.8, 4) is 11.3 Å². The minimum atomic E-state index is -1.11. The van der Waals surface area contributed by atoms with Gasteiger partial charge in [-0.2, -0.15) is 0 Å². The minimum Gasteiger partial charge on any atom is -0.480 e. The van der Waals surface area contributed by atoms with E-state index in [1.165, 1.54) is 31.3 Å². The summed E-state index contributed by atoms with van der Waals surface area (Å²) in [6, 6.07) is 12.1. The molecule has 0 bridgehead atoms. The van der Waals surface area contributed by atoms with Gasteiger partial charge in [-0.3, -0.25) is 4.79 Å². The Morgan fingerprint density at radius 1 is 1.06 bits per heavy atom. The number of nitrogens with one attached hydrogen (secondary N) is 2. The second-order valence-electron chi connectivity index (χ2n) is 7.66. The van der Waals surface area contributed by atoms with Crippen molar-refractivity contribution in [2.24, 2.45) is 5.92 Å². The van der Waals surface area contributed by atoms with E-state index in [9.17, 15) is 23.9 Å². The molecule has 0 radical (unpaired) electrons. The number of halogens is 1. The first-order chi connectivity index (χ1) is 15.7. The van der Waals surface area contributed by atoms with E-state index in [2.05, 4.69) is 15.8 Å². The van der Waals surface area contributed by atoms with E-state index in [-0.39, 0.29) is 17.4 Å². The van der Waals surface area contributed by atoms with Crippen LogP contribution in [0.15, 0.2) is 59.1 Å². The Kier molecular flexibility index (Phi) is 7.07. The number of carboxylic acid groups (broad SMARTS) is 1. The Hall–Kier alpha value is -4.21. The van der Waals surface area contributed by atoms with Crippen LogP contribution >= 0.6 is 0 Å². The molecule has 33 heavy (non-hydrogen) atoms. The van der Waals surface area contributed by atoms with Crippen molar-refractivity contribution < 1.29 is 28.4 Å². The number of anilines is 2. The number of rotatable bonds is 7. The minimum absolute atomic E-state index is 0.0546. The Morgan fingerprint density at radius 2 is 1.73 bits per heavy atom. The van der Waals surface area contributed by atoms with Crippen LogP contribution in [0.2, 0.25) is 0 Å². The fraction of sp³-hybridized carbons (Fsp3) is 0.217. The Morgan fingerprint density at radius 3 is 2.33 bits per heavy atom. The number of likely N-dealkylation sites (N-methyl/N-ethyl adjacent to an activating group) is 1. The molecule has 3 amide bonds. The summed E-state index contributed by atoms with van der Waals surface area (Å²) < 4.78 is 18.8.